The fourth-order valence-corrected chi connectivity index (χ4v) is 3.39. The first kappa shape index (κ1) is 16.8. The van der Waals surface area contributed by atoms with Gasteiger partial charge in [0.1, 0.15) is 18.3 Å². The second-order valence-corrected chi connectivity index (χ2v) is 6.20. The highest BCUT2D eigenvalue weighted by Crippen LogP contribution is 2.33. The average molecular weight is 366 g/mol. The number of carboxylic acid groups (broad SMARTS) is 1. The van der Waals surface area contributed by atoms with E-state index in [0.717, 1.165) is 9.80 Å². The SMILES string of the molecule is O=C(O)CN1C(=O)[C@H](N2C(=O)c3ccccc3C2=O)[C@@H]1C=Cc1ccco1. The summed E-state index contributed by atoms with van der Waals surface area (Å²) in [7, 11) is 0. The van der Waals surface area contributed by atoms with Crippen molar-refractivity contribution in [2.75, 3.05) is 6.54 Å². The molecule has 0 aliphatic carbocycles. The van der Waals surface area contributed by atoms with Crippen LogP contribution in [-0.4, -0.2) is 57.2 Å². The minimum absolute atomic E-state index is 0.237. The molecule has 1 N–H and O–H groups in total. The van der Waals surface area contributed by atoms with E-state index in [1.54, 1.807) is 36.4 Å². The summed E-state index contributed by atoms with van der Waals surface area (Å²) >= 11 is 0. The number of benzene rings is 1. The molecule has 2 aliphatic rings. The summed E-state index contributed by atoms with van der Waals surface area (Å²) in [5.74, 6) is -2.37. The number of carbonyl (C=O) groups is 4. The topological polar surface area (TPSA) is 108 Å². The second-order valence-electron chi connectivity index (χ2n) is 6.20. The molecule has 2 aromatic rings. The van der Waals surface area contributed by atoms with E-state index < -0.39 is 42.3 Å². The van der Waals surface area contributed by atoms with E-state index in [9.17, 15) is 19.2 Å². The zero-order valence-corrected chi connectivity index (χ0v) is 13.9. The Morgan fingerprint density at radius 1 is 1.07 bits per heavy atom. The Kier molecular flexibility index (Phi) is 3.88. The molecule has 0 radical (unpaired) electrons. The first-order valence-corrected chi connectivity index (χ1v) is 8.20. The highest BCUT2D eigenvalue weighted by atomic mass is 16.4. The third-order valence-electron chi connectivity index (χ3n) is 4.63. The Bertz CT molecular complexity index is 943. The summed E-state index contributed by atoms with van der Waals surface area (Å²) in [5.41, 5.74) is 0.474. The van der Waals surface area contributed by atoms with Crippen LogP contribution in [0.2, 0.25) is 0 Å². The van der Waals surface area contributed by atoms with Crippen molar-refractivity contribution in [3.8, 4) is 0 Å². The van der Waals surface area contributed by atoms with E-state index in [1.807, 2.05) is 0 Å². The van der Waals surface area contributed by atoms with Gasteiger partial charge < -0.3 is 14.4 Å². The number of furan rings is 1. The minimum Gasteiger partial charge on any atom is -0.480 e. The van der Waals surface area contributed by atoms with Gasteiger partial charge in [0.05, 0.1) is 23.4 Å². The van der Waals surface area contributed by atoms with Crippen molar-refractivity contribution in [2.24, 2.45) is 0 Å². The fraction of sp³-hybridized carbons (Fsp3) is 0.158. The van der Waals surface area contributed by atoms with Crippen LogP contribution >= 0.6 is 0 Å². The zero-order valence-electron chi connectivity index (χ0n) is 13.9. The molecule has 1 fully saturated rings. The van der Waals surface area contributed by atoms with E-state index in [1.165, 1.54) is 18.4 Å². The van der Waals surface area contributed by atoms with Crippen molar-refractivity contribution < 1.29 is 28.7 Å². The number of nitrogens with zero attached hydrogens (tertiary/aromatic N) is 2. The third kappa shape index (κ3) is 2.62. The van der Waals surface area contributed by atoms with Crippen LogP contribution in [0.15, 0.2) is 53.2 Å². The summed E-state index contributed by atoms with van der Waals surface area (Å²) in [5, 5.41) is 9.05. The molecule has 3 heterocycles. The number of imide groups is 1. The molecule has 2 aliphatic heterocycles. The molecule has 4 rings (SSSR count). The molecule has 0 unspecified atom stereocenters. The molecular weight excluding hydrogens is 352 g/mol. The van der Waals surface area contributed by atoms with Gasteiger partial charge in [-0.05, 0) is 30.3 Å². The van der Waals surface area contributed by atoms with Crippen molar-refractivity contribution in [2.45, 2.75) is 12.1 Å². The lowest BCUT2D eigenvalue weighted by molar-refractivity contribution is -0.159. The summed E-state index contributed by atoms with van der Waals surface area (Å²) in [6, 6.07) is 7.88. The molecule has 3 amide bonds. The monoisotopic (exact) mass is 366 g/mol. The summed E-state index contributed by atoms with van der Waals surface area (Å²) < 4.78 is 5.20. The molecule has 2 atom stereocenters. The molecule has 1 aromatic carbocycles. The predicted molar refractivity (Wildman–Crippen MR) is 91.6 cm³/mol. The first-order chi connectivity index (χ1) is 13.0. The molecule has 0 spiro atoms. The summed E-state index contributed by atoms with van der Waals surface area (Å²) in [4.78, 5) is 51.0. The lowest BCUT2D eigenvalue weighted by atomic mass is 9.92. The van der Waals surface area contributed by atoms with E-state index in [0.29, 0.717) is 5.76 Å². The molecular formula is C19H14N2O6. The van der Waals surface area contributed by atoms with E-state index in [4.69, 9.17) is 9.52 Å². The van der Waals surface area contributed by atoms with Gasteiger partial charge in [-0.2, -0.15) is 0 Å². The number of β-lactam (4-membered cyclic amide) rings is 1. The van der Waals surface area contributed by atoms with Gasteiger partial charge in [-0.25, -0.2) is 0 Å². The summed E-state index contributed by atoms with van der Waals surface area (Å²) in [6.07, 6.45) is 4.62. The molecule has 1 aromatic heterocycles. The van der Waals surface area contributed by atoms with E-state index >= 15 is 0 Å². The largest absolute Gasteiger partial charge is 0.480 e. The Morgan fingerprint density at radius 2 is 1.74 bits per heavy atom. The molecule has 136 valence electrons. The van der Waals surface area contributed by atoms with E-state index in [2.05, 4.69) is 0 Å². The van der Waals surface area contributed by atoms with Crippen molar-refractivity contribution in [3.63, 3.8) is 0 Å². The Balaban J connectivity index is 1.66. The van der Waals surface area contributed by atoms with Gasteiger partial charge in [0.25, 0.3) is 11.8 Å². The highest BCUT2D eigenvalue weighted by Gasteiger charge is 2.55. The Morgan fingerprint density at radius 3 is 2.30 bits per heavy atom. The van der Waals surface area contributed by atoms with Crippen LogP contribution in [0.4, 0.5) is 0 Å². The predicted octanol–water partition coefficient (Wildman–Crippen LogP) is 1.25. The molecule has 0 saturated carbocycles. The van der Waals surface area contributed by atoms with Crippen LogP contribution in [0.25, 0.3) is 6.08 Å². The first-order valence-electron chi connectivity index (χ1n) is 8.20. The molecule has 0 bridgehead atoms. The fourth-order valence-electron chi connectivity index (χ4n) is 3.39. The van der Waals surface area contributed by atoms with Gasteiger partial charge in [-0.1, -0.05) is 18.2 Å². The number of hydrogen-bond donors (Lipinski definition) is 1. The average Bonchev–Trinajstić information content (AvgIpc) is 3.25. The number of hydrogen-bond acceptors (Lipinski definition) is 5. The smallest absolute Gasteiger partial charge is 0.323 e. The van der Waals surface area contributed by atoms with Gasteiger partial charge in [0.15, 0.2) is 0 Å². The van der Waals surface area contributed by atoms with Crippen LogP contribution in [0.5, 0.6) is 0 Å². The standard InChI is InChI=1S/C19H14N2O6/c22-15(23)10-20-14(8-7-11-4-3-9-27-11)16(19(20)26)21-17(24)12-5-1-2-6-13(12)18(21)25/h1-9,14,16H,10H2,(H,22,23)/t14-,16+/m0/s1. The normalized spacial score (nSPS) is 21.7. The number of rotatable bonds is 5. The van der Waals surface area contributed by atoms with Gasteiger partial charge >= 0.3 is 5.97 Å². The second kappa shape index (κ2) is 6.24. The van der Waals surface area contributed by atoms with Crippen molar-refractivity contribution >= 4 is 29.8 Å². The maximum Gasteiger partial charge on any atom is 0.323 e. The van der Waals surface area contributed by atoms with Crippen LogP contribution in [0.3, 0.4) is 0 Å². The number of carbonyl (C=O) groups excluding carboxylic acids is 3. The molecule has 8 heteroatoms. The van der Waals surface area contributed by atoms with Crippen LogP contribution in [0, 0.1) is 0 Å². The maximum atomic E-state index is 12.7. The van der Waals surface area contributed by atoms with Gasteiger partial charge in [-0.15, -0.1) is 0 Å². The van der Waals surface area contributed by atoms with Crippen LogP contribution < -0.4 is 0 Å². The molecule has 1 saturated heterocycles. The maximum absolute atomic E-state index is 12.7. The van der Waals surface area contributed by atoms with Gasteiger partial charge in [0, 0.05) is 0 Å². The third-order valence-corrected chi connectivity index (χ3v) is 4.63. The number of carboxylic acids is 1. The zero-order chi connectivity index (χ0) is 19.1. The number of likely N-dealkylation sites (tertiary alicyclic amines) is 1. The van der Waals surface area contributed by atoms with Gasteiger partial charge in [-0.3, -0.25) is 24.1 Å². The summed E-state index contributed by atoms with van der Waals surface area (Å²) in [6.45, 7) is -0.522. The lowest BCUT2D eigenvalue weighted by Crippen LogP contribution is -2.71. The van der Waals surface area contributed by atoms with Crippen LogP contribution in [0.1, 0.15) is 26.5 Å². The minimum atomic E-state index is -1.18. The Hall–Kier alpha value is -3.68. The number of aliphatic carboxylic acids is 1. The number of amides is 3. The molecule has 27 heavy (non-hydrogen) atoms. The number of fused-ring (bicyclic) bond motifs is 1. The van der Waals surface area contributed by atoms with Crippen molar-refractivity contribution in [3.05, 3.63) is 65.6 Å². The lowest BCUT2D eigenvalue weighted by Gasteiger charge is -2.47. The van der Waals surface area contributed by atoms with Crippen LogP contribution in [-0.2, 0) is 9.59 Å². The van der Waals surface area contributed by atoms with Crippen molar-refractivity contribution in [1.82, 2.24) is 9.80 Å². The highest BCUT2D eigenvalue weighted by molar-refractivity contribution is 6.23. The van der Waals surface area contributed by atoms with E-state index in [-0.39, 0.29) is 11.1 Å². The van der Waals surface area contributed by atoms with Crippen molar-refractivity contribution in [1.29, 1.82) is 0 Å². The van der Waals surface area contributed by atoms with Gasteiger partial charge in [0.2, 0.25) is 5.91 Å². The molecule has 8 nitrogen and oxygen atoms in total. The quantitative estimate of drug-likeness (QED) is 0.630. The Labute approximate surface area is 153 Å².